The quantitative estimate of drug-likeness (QED) is 0.420. The molecule has 1 N–H and O–H groups in total. The molecule has 0 heterocycles. The Bertz CT molecular complexity index is 80.3. The third-order valence-electron chi connectivity index (χ3n) is 0.293. The highest BCUT2D eigenvalue weighted by Gasteiger charge is 1.81. The number of hydrogen-bond acceptors (Lipinski definition) is 3. The first-order chi connectivity index (χ1) is 4.18. The van der Waals surface area contributed by atoms with Gasteiger partial charge < -0.3 is 9.90 Å². The van der Waals surface area contributed by atoms with Gasteiger partial charge in [0.05, 0.1) is 0 Å². The van der Waals surface area contributed by atoms with Crippen molar-refractivity contribution in [2.24, 2.45) is 0 Å². The second kappa shape index (κ2) is 10.1. The number of carbonyl (C=O) groups is 2. The molecule has 0 saturated carbocycles. The van der Waals surface area contributed by atoms with Crippen LogP contribution < -0.4 is 0 Å². The van der Waals surface area contributed by atoms with Gasteiger partial charge in [-0.05, 0) is 13.0 Å². The van der Waals surface area contributed by atoms with Gasteiger partial charge in [-0.1, -0.05) is 6.58 Å². The van der Waals surface area contributed by atoms with E-state index in [-0.39, 0.29) is 0 Å². The molecule has 0 saturated heterocycles. The molecule has 0 aliphatic carbocycles. The summed E-state index contributed by atoms with van der Waals surface area (Å²) in [7, 11) is 0. The third kappa shape index (κ3) is 43.0. The Morgan fingerprint density at radius 3 is 1.78 bits per heavy atom. The topological polar surface area (TPSA) is 54.4 Å². The van der Waals surface area contributed by atoms with Gasteiger partial charge in [0.15, 0.2) is 0 Å². The van der Waals surface area contributed by atoms with Crippen molar-refractivity contribution in [3.8, 4) is 0 Å². The number of allylic oxidation sites excluding steroid dienone is 1. The van der Waals surface area contributed by atoms with Crippen LogP contribution in [0.1, 0.15) is 6.92 Å². The first-order valence-corrected chi connectivity index (χ1v) is 2.38. The highest BCUT2D eigenvalue weighted by Crippen LogP contribution is 1.62. The molecule has 3 nitrogen and oxygen atoms in total. The van der Waals surface area contributed by atoms with Crippen molar-refractivity contribution in [2.45, 2.75) is 13.0 Å². The SMILES string of the molecule is C=CC=O.CC(O)C=O. The average molecular weight is 130 g/mol. The fourth-order valence-corrected chi connectivity index (χ4v) is 0. The molecular weight excluding hydrogens is 120 g/mol. The Hall–Kier alpha value is -0.960. The maximum atomic E-state index is 9.25. The maximum Gasteiger partial charge on any atom is 0.148 e. The van der Waals surface area contributed by atoms with Crippen molar-refractivity contribution in [2.75, 3.05) is 0 Å². The van der Waals surface area contributed by atoms with Crippen molar-refractivity contribution >= 4 is 12.6 Å². The Labute approximate surface area is 54.0 Å². The van der Waals surface area contributed by atoms with Crippen molar-refractivity contribution < 1.29 is 14.7 Å². The Kier molecular flexibility index (Phi) is 12.3. The molecule has 0 aliphatic heterocycles. The minimum atomic E-state index is -0.796. The highest BCUT2D eigenvalue weighted by atomic mass is 16.3. The van der Waals surface area contributed by atoms with Crippen LogP contribution in [0.4, 0.5) is 0 Å². The summed E-state index contributed by atoms with van der Waals surface area (Å²) < 4.78 is 0. The van der Waals surface area contributed by atoms with Gasteiger partial charge in [-0.25, -0.2) is 0 Å². The Morgan fingerprint density at radius 1 is 1.56 bits per heavy atom. The van der Waals surface area contributed by atoms with Crippen molar-refractivity contribution in [1.82, 2.24) is 0 Å². The van der Waals surface area contributed by atoms with Gasteiger partial charge in [0.25, 0.3) is 0 Å². The molecule has 0 radical (unpaired) electrons. The molecule has 52 valence electrons. The summed E-state index contributed by atoms with van der Waals surface area (Å²) in [6, 6.07) is 0. The number of rotatable bonds is 2. The summed E-state index contributed by atoms with van der Waals surface area (Å²) in [5.74, 6) is 0. The van der Waals surface area contributed by atoms with Crippen LogP contribution in [0.3, 0.4) is 0 Å². The van der Waals surface area contributed by atoms with Gasteiger partial charge in [0.2, 0.25) is 0 Å². The molecule has 0 bridgehead atoms. The van der Waals surface area contributed by atoms with E-state index in [2.05, 4.69) is 6.58 Å². The molecule has 3 heteroatoms. The molecule has 0 aromatic rings. The summed E-state index contributed by atoms with van der Waals surface area (Å²) in [6.45, 7) is 4.52. The minimum absolute atomic E-state index is 0.472. The summed E-state index contributed by atoms with van der Waals surface area (Å²) in [6.07, 6.45) is 1.51. The normalized spacial score (nSPS) is 10.0. The van der Waals surface area contributed by atoms with E-state index in [1.54, 1.807) is 0 Å². The van der Waals surface area contributed by atoms with Crippen LogP contribution >= 0.6 is 0 Å². The lowest BCUT2D eigenvalue weighted by atomic mass is 10.5. The lowest BCUT2D eigenvalue weighted by molar-refractivity contribution is -0.114. The lowest BCUT2D eigenvalue weighted by Crippen LogP contribution is -1.97. The zero-order valence-electron chi connectivity index (χ0n) is 5.28. The third-order valence-corrected chi connectivity index (χ3v) is 0.293. The molecule has 0 fully saturated rings. The van der Waals surface area contributed by atoms with Gasteiger partial charge in [-0.15, -0.1) is 0 Å². The molecule has 0 spiro atoms. The predicted molar refractivity (Wildman–Crippen MR) is 34.0 cm³/mol. The molecule has 0 aromatic heterocycles. The van der Waals surface area contributed by atoms with E-state index in [1.807, 2.05) is 0 Å². The highest BCUT2D eigenvalue weighted by molar-refractivity contribution is 5.63. The van der Waals surface area contributed by atoms with E-state index in [4.69, 9.17) is 9.90 Å². The fraction of sp³-hybridized carbons (Fsp3) is 0.333. The standard InChI is InChI=1S/C3H6O2.C3H4O/c1-3(5)2-4;1-2-3-4/h2-3,5H,1H3;2-3H,1H2. The predicted octanol–water partition coefficient (Wildman–Crippen LogP) is -0.0626. The van der Waals surface area contributed by atoms with Gasteiger partial charge in [-0.2, -0.15) is 0 Å². The van der Waals surface area contributed by atoms with Crippen LogP contribution in [0, 0.1) is 0 Å². The zero-order valence-corrected chi connectivity index (χ0v) is 5.28. The van der Waals surface area contributed by atoms with E-state index >= 15 is 0 Å². The van der Waals surface area contributed by atoms with E-state index in [1.165, 1.54) is 13.0 Å². The van der Waals surface area contributed by atoms with Crippen molar-refractivity contribution in [3.05, 3.63) is 12.7 Å². The van der Waals surface area contributed by atoms with E-state index in [0.29, 0.717) is 12.6 Å². The minimum Gasteiger partial charge on any atom is -0.386 e. The molecule has 1 unspecified atom stereocenters. The smallest absolute Gasteiger partial charge is 0.148 e. The fourth-order valence-electron chi connectivity index (χ4n) is 0. The average Bonchev–Trinajstić information content (AvgIpc) is 1.89. The monoisotopic (exact) mass is 130 g/mol. The van der Waals surface area contributed by atoms with Crippen LogP contribution in [0.2, 0.25) is 0 Å². The van der Waals surface area contributed by atoms with Crippen molar-refractivity contribution in [1.29, 1.82) is 0 Å². The summed E-state index contributed by atoms with van der Waals surface area (Å²) in [5.41, 5.74) is 0. The number of aliphatic hydroxyl groups excluding tert-OH is 1. The molecule has 9 heavy (non-hydrogen) atoms. The largest absolute Gasteiger partial charge is 0.386 e. The zero-order chi connectivity index (χ0) is 7.70. The molecule has 1 atom stereocenters. The van der Waals surface area contributed by atoms with E-state index < -0.39 is 6.10 Å². The van der Waals surface area contributed by atoms with E-state index in [9.17, 15) is 4.79 Å². The van der Waals surface area contributed by atoms with Crippen LogP contribution in [0.5, 0.6) is 0 Å². The van der Waals surface area contributed by atoms with Crippen LogP contribution in [0.25, 0.3) is 0 Å². The molecule has 0 aliphatic rings. The van der Waals surface area contributed by atoms with Gasteiger partial charge in [-0.3, -0.25) is 4.79 Å². The van der Waals surface area contributed by atoms with Crippen molar-refractivity contribution in [3.63, 3.8) is 0 Å². The van der Waals surface area contributed by atoms with Crippen LogP contribution in [-0.2, 0) is 9.59 Å². The summed E-state index contributed by atoms with van der Waals surface area (Å²) in [5, 5.41) is 7.99. The molecule has 0 aromatic carbocycles. The lowest BCUT2D eigenvalue weighted by Gasteiger charge is -1.79. The van der Waals surface area contributed by atoms with Gasteiger partial charge >= 0.3 is 0 Å². The molecule has 0 rings (SSSR count). The number of carbonyl (C=O) groups excluding carboxylic acids is 2. The summed E-state index contributed by atoms with van der Waals surface area (Å²) in [4.78, 5) is 18.3. The number of aliphatic hydroxyl groups is 1. The molecule has 0 amide bonds. The first-order valence-electron chi connectivity index (χ1n) is 2.38. The van der Waals surface area contributed by atoms with Gasteiger partial charge in [0, 0.05) is 0 Å². The number of aldehydes is 2. The first kappa shape index (κ1) is 10.9. The second-order valence-electron chi connectivity index (χ2n) is 1.25. The summed E-state index contributed by atoms with van der Waals surface area (Å²) >= 11 is 0. The van der Waals surface area contributed by atoms with E-state index in [0.717, 1.165) is 0 Å². The number of hydrogen-bond donors (Lipinski definition) is 1. The Morgan fingerprint density at radius 2 is 1.78 bits per heavy atom. The maximum absolute atomic E-state index is 9.25. The second-order valence-corrected chi connectivity index (χ2v) is 1.25. The van der Waals surface area contributed by atoms with Crippen LogP contribution in [0.15, 0.2) is 12.7 Å². The molecular formula is C6H10O3. The Balaban J connectivity index is 0. The van der Waals surface area contributed by atoms with Crippen LogP contribution in [-0.4, -0.2) is 23.8 Å². The van der Waals surface area contributed by atoms with Gasteiger partial charge in [0.1, 0.15) is 18.7 Å².